The highest BCUT2D eigenvalue weighted by Crippen LogP contribution is 2.19. The monoisotopic (exact) mass is 204 g/mol. The van der Waals surface area contributed by atoms with Crippen molar-refractivity contribution < 1.29 is 4.79 Å². The standard InChI is InChI=1S/C14H20O/c1-9-6-10(2)12(4)14(7-9)8-11(3)13(5)15/h6-7,11H,8H2,1-5H3. The molecular weight excluding hydrogens is 184 g/mol. The van der Waals surface area contributed by atoms with E-state index in [1.165, 1.54) is 22.3 Å². The highest BCUT2D eigenvalue weighted by Gasteiger charge is 2.11. The minimum Gasteiger partial charge on any atom is -0.300 e. The van der Waals surface area contributed by atoms with Crippen molar-refractivity contribution in [1.29, 1.82) is 0 Å². The highest BCUT2D eigenvalue weighted by molar-refractivity contribution is 5.78. The number of carbonyl (C=O) groups excluding carboxylic acids is 1. The fourth-order valence-corrected chi connectivity index (χ4v) is 1.81. The summed E-state index contributed by atoms with van der Waals surface area (Å²) in [5, 5.41) is 0. The van der Waals surface area contributed by atoms with E-state index in [9.17, 15) is 4.79 Å². The summed E-state index contributed by atoms with van der Waals surface area (Å²) < 4.78 is 0. The topological polar surface area (TPSA) is 17.1 Å². The second-order valence-electron chi connectivity index (χ2n) is 4.58. The van der Waals surface area contributed by atoms with E-state index in [0.29, 0.717) is 0 Å². The van der Waals surface area contributed by atoms with Gasteiger partial charge in [-0.15, -0.1) is 0 Å². The fraction of sp³-hybridized carbons (Fsp3) is 0.500. The number of aryl methyl sites for hydroxylation is 2. The van der Waals surface area contributed by atoms with E-state index in [1.54, 1.807) is 6.92 Å². The molecule has 0 fully saturated rings. The van der Waals surface area contributed by atoms with Crippen molar-refractivity contribution in [2.75, 3.05) is 0 Å². The molecule has 1 unspecified atom stereocenters. The molecule has 0 amide bonds. The first-order chi connectivity index (χ1) is 6.91. The van der Waals surface area contributed by atoms with Gasteiger partial charge in [0.05, 0.1) is 0 Å². The lowest BCUT2D eigenvalue weighted by Crippen LogP contribution is -2.10. The van der Waals surface area contributed by atoms with Crippen LogP contribution < -0.4 is 0 Å². The van der Waals surface area contributed by atoms with Crippen LogP contribution in [-0.4, -0.2) is 5.78 Å². The van der Waals surface area contributed by atoms with Crippen LogP contribution in [0.1, 0.15) is 36.1 Å². The van der Waals surface area contributed by atoms with Gasteiger partial charge in [0.15, 0.2) is 0 Å². The summed E-state index contributed by atoms with van der Waals surface area (Å²) in [5.74, 6) is 0.401. The SMILES string of the molecule is CC(=O)C(C)Cc1cc(C)cc(C)c1C. The summed E-state index contributed by atoms with van der Waals surface area (Å²) in [6, 6.07) is 4.39. The van der Waals surface area contributed by atoms with Crippen LogP contribution in [0.4, 0.5) is 0 Å². The van der Waals surface area contributed by atoms with Gasteiger partial charge in [0, 0.05) is 5.92 Å². The number of benzene rings is 1. The third-order valence-corrected chi connectivity index (χ3v) is 3.14. The smallest absolute Gasteiger partial charge is 0.132 e. The van der Waals surface area contributed by atoms with Crippen molar-refractivity contribution in [3.63, 3.8) is 0 Å². The Kier molecular flexibility index (Phi) is 3.67. The molecule has 1 aromatic carbocycles. The highest BCUT2D eigenvalue weighted by atomic mass is 16.1. The molecule has 0 heterocycles. The first kappa shape index (κ1) is 12.0. The lowest BCUT2D eigenvalue weighted by atomic mass is 9.91. The Hall–Kier alpha value is -1.11. The van der Waals surface area contributed by atoms with Crippen molar-refractivity contribution in [2.45, 2.75) is 41.0 Å². The maximum Gasteiger partial charge on any atom is 0.132 e. The van der Waals surface area contributed by atoms with Crippen LogP contribution in [-0.2, 0) is 11.2 Å². The quantitative estimate of drug-likeness (QED) is 0.737. The molecule has 1 nitrogen and oxygen atoms in total. The second kappa shape index (κ2) is 4.61. The summed E-state index contributed by atoms with van der Waals surface area (Å²) in [6.45, 7) is 10.0. The number of Topliss-reactive ketones (excluding diaryl/α,β-unsaturated/α-hetero) is 1. The summed E-state index contributed by atoms with van der Waals surface area (Å²) in [6.07, 6.45) is 0.865. The van der Waals surface area contributed by atoms with Crippen molar-refractivity contribution >= 4 is 5.78 Å². The molecule has 1 rings (SSSR count). The third kappa shape index (κ3) is 2.92. The first-order valence-corrected chi connectivity index (χ1v) is 5.49. The predicted octanol–water partition coefficient (Wildman–Crippen LogP) is 3.38. The van der Waals surface area contributed by atoms with Crippen molar-refractivity contribution in [3.8, 4) is 0 Å². The molecule has 0 aromatic heterocycles. The van der Waals surface area contributed by atoms with E-state index in [2.05, 4.69) is 32.9 Å². The molecule has 0 radical (unpaired) electrons. The number of carbonyl (C=O) groups is 1. The maximum atomic E-state index is 11.2. The van der Waals surface area contributed by atoms with Gasteiger partial charge < -0.3 is 0 Å². The zero-order valence-electron chi connectivity index (χ0n) is 10.3. The summed E-state index contributed by atoms with van der Waals surface area (Å²) in [7, 11) is 0. The van der Waals surface area contributed by atoms with Crippen LogP contribution in [0.25, 0.3) is 0 Å². The lowest BCUT2D eigenvalue weighted by molar-refractivity contribution is -0.120. The van der Waals surface area contributed by atoms with Crippen LogP contribution in [0.15, 0.2) is 12.1 Å². The van der Waals surface area contributed by atoms with Gasteiger partial charge in [-0.2, -0.15) is 0 Å². The molecule has 0 saturated heterocycles. The molecule has 0 aliphatic heterocycles. The molecule has 0 aliphatic rings. The van der Waals surface area contributed by atoms with E-state index in [-0.39, 0.29) is 11.7 Å². The lowest BCUT2D eigenvalue weighted by Gasteiger charge is -2.13. The Balaban J connectivity index is 2.99. The molecule has 0 aliphatic carbocycles. The van der Waals surface area contributed by atoms with E-state index in [0.717, 1.165) is 6.42 Å². The minimum absolute atomic E-state index is 0.130. The second-order valence-corrected chi connectivity index (χ2v) is 4.58. The van der Waals surface area contributed by atoms with Crippen molar-refractivity contribution in [2.24, 2.45) is 5.92 Å². The Bertz CT molecular complexity index is 377. The molecule has 0 bridgehead atoms. The average molecular weight is 204 g/mol. The van der Waals surface area contributed by atoms with E-state index in [4.69, 9.17) is 0 Å². The molecule has 1 aromatic rings. The first-order valence-electron chi connectivity index (χ1n) is 5.49. The number of hydrogen-bond donors (Lipinski definition) is 0. The van der Waals surface area contributed by atoms with Crippen LogP contribution in [0.5, 0.6) is 0 Å². The fourth-order valence-electron chi connectivity index (χ4n) is 1.81. The molecule has 1 heteroatoms. The number of ketones is 1. The van der Waals surface area contributed by atoms with Crippen molar-refractivity contribution in [1.82, 2.24) is 0 Å². The molecular formula is C14H20O. The molecule has 15 heavy (non-hydrogen) atoms. The van der Waals surface area contributed by atoms with Gasteiger partial charge in [0.25, 0.3) is 0 Å². The number of rotatable bonds is 3. The van der Waals surface area contributed by atoms with Crippen LogP contribution in [0.3, 0.4) is 0 Å². The van der Waals surface area contributed by atoms with Crippen LogP contribution >= 0.6 is 0 Å². The largest absolute Gasteiger partial charge is 0.300 e. The van der Waals surface area contributed by atoms with Gasteiger partial charge in [0.2, 0.25) is 0 Å². The molecule has 0 N–H and O–H groups in total. The van der Waals surface area contributed by atoms with Crippen LogP contribution in [0, 0.1) is 26.7 Å². The summed E-state index contributed by atoms with van der Waals surface area (Å²) >= 11 is 0. The Morgan fingerprint density at radius 1 is 1.27 bits per heavy atom. The van der Waals surface area contributed by atoms with Gasteiger partial charge in [0.1, 0.15) is 5.78 Å². The Morgan fingerprint density at radius 2 is 1.87 bits per heavy atom. The van der Waals surface area contributed by atoms with Crippen LogP contribution in [0.2, 0.25) is 0 Å². The summed E-state index contributed by atoms with van der Waals surface area (Å²) in [5.41, 5.74) is 5.24. The number of hydrogen-bond acceptors (Lipinski definition) is 1. The molecule has 1 atom stereocenters. The average Bonchev–Trinajstić information content (AvgIpc) is 2.13. The summed E-state index contributed by atoms with van der Waals surface area (Å²) in [4.78, 5) is 11.2. The van der Waals surface area contributed by atoms with Crippen molar-refractivity contribution in [3.05, 3.63) is 34.4 Å². The van der Waals surface area contributed by atoms with Gasteiger partial charge >= 0.3 is 0 Å². The van der Waals surface area contributed by atoms with Gasteiger partial charge in [-0.25, -0.2) is 0 Å². The van der Waals surface area contributed by atoms with E-state index in [1.807, 2.05) is 6.92 Å². The molecule has 0 spiro atoms. The zero-order chi connectivity index (χ0) is 11.6. The third-order valence-electron chi connectivity index (χ3n) is 3.14. The van der Waals surface area contributed by atoms with E-state index >= 15 is 0 Å². The minimum atomic E-state index is 0.130. The van der Waals surface area contributed by atoms with Gasteiger partial charge in [-0.3, -0.25) is 4.79 Å². The molecule has 0 saturated carbocycles. The van der Waals surface area contributed by atoms with Gasteiger partial charge in [-0.1, -0.05) is 24.6 Å². The zero-order valence-corrected chi connectivity index (χ0v) is 10.3. The normalized spacial score (nSPS) is 12.6. The van der Waals surface area contributed by atoms with Gasteiger partial charge in [-0.05, 0) is 50.8 Å². The Labute approximate surface area is 92.5 Å². The predicted molar refractivity (Wildman–Crippen MR) is 64.2 cm³/mol. The Morgan fingerprint density at radius 3 is 2.40 bits per heavy atom. The van der Waals surface area contributed by atoms with E-state index < -0.39 is 0 Å². The molecule has 82 valence electrons. The maximum absolute atomic E-state index is 11.2.